The summed E-state index contributed by atoms with van der Waals surface area (Å²) in [6, 6.07) is 14.0. The van der Waals surface area contributed by atoms with Crippen LogP contribution >= 0.6 is 0 Å². The molecule has 0 bridgehead atoms. The topological polar surface area (TPSA) is 49.4 Å². The number of carbonyl (C=O) groups is 2. The first-order valence-corrected chi connectivity index (χ1v) is 8.68. The summed E-state index contributed by atoms with van der Waals surface area (Å²) < 4.78 is 0. The van der Waals surface area contributed by atoms with Crippen LogP contribution in [0.3, 0.4) is 0 Å². The van der Waals surface area contributed by atoms with Crippen LogP contribution in [0.2, 0.25) is 0 Å². The Morgan fingerprint density at radius 3 is 2.68 bits per heavy atom. The third-order valence-corrected chi connectivity index (χ3v) is 4.94. The number of nitrogens with zero attached hydrogens (tertiary/aromatic N) is 1. The van der Waals surface area contributed by atoms with Crippen LogP contribution in [0.15, 0.2) is 42.5 Å². The summed E-state index contributed by atoms with van der Waals surface area (Å²) in [7, 11) is 0. The molecule has 4 heteroatoms. The average molecular weight is 336 g/mol. The molecule has 1 heterocycles. The zero-order valence-electron chi connectivity index (χ0n) is 15.0. The predicted molar refractivity (Wildman–Crippen MR) is 99.4 cm³/mol. The molecule has 1 saturated heterocycles. The number of rotatable bonds is 4. The van der Waals surface area contributed by atoms with Gasteiger partial charge in [-0.2, -0.15) is 0 Å². The van der Waals surface area contributed by atoms with Gasteiger partial charge in [0.15, 0.2) is 0 Å². The first-order valence-electron chi connectivity index (χ1n) is 8.68. The van der Waals surface area contributed by atoms with Crippen molar-refractivity contribution in [2.75, 3.05) is 11.4 Å². The average Bonchev–Trinajstić information content (AvgIpc) is 2.97. The minimum atomic E-state index is -0.593. The number of nitrogens with one attached hydrogen (secondary N) is 1. The Kier molecular flexibility index (Phi) is 4.88. The van der Waals surface area contributed by atoms with Gasteiger partial charge in [0.05, 0.1) is 0 Å². The molecular formula is C21H24N2O2. The zero-order chi connectivity index (χ0) is 18.0. The highest BCUT2D eigenvalue weighted by molar-refractivity contribution is 6.09. The molecule has 0 aliphatic carbocycles. The van der Waals surface area contributed by atoms with Gasteiger partial charge in [-0.15, -0.1) is 0 Å². The van der Waals surface area contributed by atoms with Gasteiger partial charge in [-0.05, 0) is 49.9 Å². The number of hydrogen-bond acceptors (Lipinski definition) is 2. The largest absolute Gasteiger partial charge is 0.351 e. The number of aryl methyl sites for hydroxylation is 2. The first-order chi connectivity index (χ1) is 12.0. The van der Waals surface area contributed by atoms with Crippen molar-refractivity contribution in [3.8, 4) is 0 Å². The highest BCUT2D eigenvalue weighted by Crippen LogP contribution is 2.29. The molecule has 130 valence electrons. The van der Waals surface area contributed by atoms with E-state index in [1.54, 1.807) is 4.90 Å². The van der Waals surface area contributed by atoms with E-state index in [0.29, 0.717) is 19.5 Å². The van der Waals surface area contributed by atoms with E-state index in [4.69, 9.17) is 0 Å². The summed E-state index contributed by atoms with van der Waals surface area (Å²) in [6.45, 7) is 7.11. The molecule has 4 nitrogen and oxygen atoms in total. The van der Waals surface area contributed by atoms with Gasteiger partial charge in [0.25, 0.3) is 0 Å². The summed E-state index contributed by atoms with van der Waals surface area (Å²) >= 11 is 0. The second-order valence-corrected chi connectivity index (χ2v) is 6.76. The van der Waals surface area contributed by atoms with Crippen LogP contribution in [0, 0.1) is 26.7 Å². The van der Waals surface area contributed by atoms with E-state index in [-0.39, 0.29) is 11.8 Å². The highest BCUT2D eigenvalue weighted by Gasteiger charge is 2.37. The van der Waals surface area contributed by atoms with Crippen molar-refractivity contribution in [3.63, 3.8) is 0 Å². The van der Waals surface area contributed by atoms with Crippen LogP contribution in [0.5, 0.6) is 0 Å². The van der Waals surface area contributed by atoms with Crippen molar-refractivity contribution in [2.45, 2.75) is 33.7 Å². The number of amides is 2. The molecule has 3 rings (SSSR count). The van der Waals surface area contributed by atoms with Crippen LogP contribution in [-0.4, -0.2) is 18.4 Å². The third-order valence-electron chi connectivity index (χ3n) is 4.94. The van der Waals surface area contributed by atoms with Gasteiger partial charge in [0, 0.05) is 18.8 Å². The van der Waals surface area contributed by atoms with E-state index in [0.717, 1.165) is 27.9 Å². The maximum atomic E-state index is 12.7. The zero-order valence-corrected chi connectivity index (χ0v) is 15.0. The van der Waals surface area contributed by atoms with Crippen molar-refractivity contribution >= 4 is 17.5 Å². The Labute approximate surface area is 148 Å². The van der Waals surface area contributed by atoms with E-state index in [1.165, 1.54) is 0 Å². The Morgan fingerprint density at radius 1 is 1.16 bits per heavy atom. The van der Waals surface area contributed by atoms with Crippen LogP contribution in [0.4, 0.5) is 5.69 Å². The number of benzene rings is 2. The third kappa shape index (κ3) is 3.58. The van der Waals surface area contributed by atoms with Crippen molar-refractivity contribution in [1.29, 1.82) is 0 Å². The van der Waals surface area contributed by atoms with Crippen molar-refractivity contribution in [2.24, 2.45) is 5.92 Å². The molecule has 0 aromatic heterocycles. The van der Waals surface area contributed by atoms with E-state index in [9.17, 15) is 9.59 Å². The lowest BCUT2D eigenvalue weighted by atomic mass is 10.1. The molecule has 0 spiro atoms. The summed E-state index contributed by atoms with van der Waals surface area (Å²) in [5.74, 6) is -0.875. The van der Waals surface area contributed by atoms with Gasteiger partial charge >= 0.3 is 0 Å². The van der Waals surface area contributed by atoms with E-state index >= 15 is 0 Å². The monoisotopic (exact) mass is 336 g/mol. The van der Waals surface area contributed by atoms with Crippen LogP contribution in [-0.2, 0) is 16.1 Å². The highest BCUT2D eigenvalue weighted by atomic mass is 16.2. The second kappa shape index (κ2) is 7.09. The van der Waals surface area contributed by atoms with Gasteiger partial charge in [-0.3, -0.25) is 9.59 Å². The minimum Gasteiger partial charge on any atom is -0.351 e. The fourth-order valence-corrected chi connectivity index (χ4v) is 3.32. The standard InChI is InChI=1S/C21H24N2O2/c1-14-6-4-8-17(12-14)13-22-20(24)18-10-11-23(21(18)25)19-9-5-7-15(2)16(19)3/h4-9,12,18H,10-11,13H2,1-3H3,(H,22,24)/t18-/m0/s1. The molecule has 1 fully saturated rings. The fourth-order valence-electron chi connectivity index (χ4n) is 3.32. The van der Waals surface area contributed by atoms with Crippen LogP contribution in [0.1, 0.15) is 28.7 Å². The van der Waals surface area contributed by atoms with Gasteiger partial charge in [0.1, 0.15) is 5.92 Å². The normalized spacial score (nSPS) is 17.0. The molecule has 1 aliphatic rings. The van der Waals surface area contributed by atoms with Crippen LogP contribution < -0.4 is 10.2 Å². The van der Waals surface area contributed by atoms with Crippen molar-refractivity contribution in [3.05, 3.63) is 64.7 Å². The van der Waals surface area contributed by atoms with Crippen LogP contribution in [0.25, 0.3) is 0 Å². The predicted octanol–water partition coefficient (Wildman–Crippen LogP) is 3.28. The lowest BCUT2D eigenvalue weighted by molar-refractivity contribution is -0.132. The molecule has 2 amide bonds. The molecule has 2 aromatic carbocycles. The molecule has 0 unspecified atom stereocenters. The Bertz CT molecular complexity index is 813. The molecule has 0 saturated carbocycles. The Morgan fingerprint density at radius 2 is 1.92 bits per heavy atom. The van der Waals surface area contributed by atoms with Gasteiger partial charge < -0.3 is 10.2 Å². The molecule has 2 aromatic rings. The Balaban J connectivity index is 1.67. The van der Waals surface area contributed by atoms with Gasteiger partial charge in [-0.1, -0.05) is 42.0 Å². The molecule has 1 aliphatic heterocycles. The summed E-state index contributed by atoms with van der Waals surface area (Å²) in [5.41, 5.74) is 5.36. The summed E-state index contributed by atoms with van der Waals surface area (Å²) in [4.78, 5) is 27.0. The van der Waals surface area contributed by atoms with Crippen molar-refractivity contribution < 1.29 is 9.59 Å². The van der Waals surface area contributed by atoms with E-state index in [2.05, 4.69) is 5.32 Å². The van der Waals surface area contributed by atoms with Crippen molar-refractivity contribution in [1.82, 2.24) is 5.32 Å². The smallest absolute Gasteiger partial charge is 0.239 e. The van der Waals surface area contributed by atoms with Gasteiger partial charge in [-0.25, -0.2) is 0 Å². The second-order valence-electron chi connectivity index (χ2n) is 6.76. The first kappa shape index (κ1) is 17.2. The lowest BCUT2D eigenvalue weighted by Crippen LogP contribution is -2.36. The number of carbonyl (C=O) groups excluding carboxylic acids is 2. The quantitative estimate of drug-likeness (QED) is 0.871. The molecule has 1 atom stereocenters. The number of anilines is 1. The Hall–Kier alpha value is -2.62. The molecular weight excluding hydrogens is 312 g/mol. The maximum absolute atomic E-state index is 12.7. The number of hydrogen-bond donors (Lipinski definition) is 1. The fraction of sp³-hybridized carbons (Fsp3) is 0.333. The van der Waals surface area contributed by atoms with E-state index < -0.39 is 5.92 Å². The summed E-state index contributed by atoms with van der Waals surface area (Å²) in [6.07, 6.45) is 0.561. The minimum absolute atomic E-state index is 0.101. The molecule has 25 heavy (non-hydrogen) atoms. The summed E-state index contributed by atoms with van der Waals surface area (Å²) in [5, 5.41) is 2.91. The lowest BCUT2D eigenvalue weighted by Gasteiger charge is -2.20. The SMILES string of the molecule is Cc1cccc(CNC(=O)[C@@H]2CCN(c3cccc(C)c3C)C2=O)c1. The molecule has 1 N–H and O–H groups in total. The van der Waals surface area contributed by atoms with Gasteiger partial charge in [0.2, 0.25) is 11.8 Å². The van der Waals surface area contributed by atoms with E-state index in [1.807, 2.05) is 63.2 Å². The molecule has 0 radical (unpaired) electrons. The maximum Gasteiger partial charge on any atom is 0.239 e.